The maximum Gasteiger partial charge on any atom is 0.0357 e. The monoisotopic (exact) mass is 139 g/mol. The summed E-state index contributed by atoms with van der Waals surface area (Å²) in [7, 11) is 0. The molecule has 0 radical (unpaired) electrons. The minimum absolute atomic E-state index is 1.02. The molecule has 0 aromatic heterocycles. The van der Waals surface area contributed by atoms with E-state index in [1.807, 2.05) is 13.8 Å². The third-order valence-corrected chi connectivity index (χ3v) is 1.26. The Morgan fingerprint density at radius 1 is 1.20 bits per heavy atom. The fourth-order valence-corrected chi connectivity index (χ4v) is 0.664. The van der Waals surface area contributed by atoms with Crippen molar-refractivity contribution in [1.82, 2.24) is 5.32 Å². The molecular formula is C9H17N. The van der Waals surface area contributed by atoms with Crippen LogP contribution in [0.3, 0.4) is 0 Å². The van der Waals surface area contributed by atoms with E-state index in [1.165, 1.54) is 11.3 Å². The lowest BCUT2D eigenvalue weighted by atomic mass is 10.2. The lowest BCUT2D eigenvalue weighted by Gasteiger charge is -2.09. The van der Waals surface area contributed by atoms with E-state index in [0.29, 0.717) is 0 Å². The first-order chi connectivity index (χ1) is 4.79. The number of nitrogens with one attached hydrogen (secondary N) is 1. The largest absolute Gasteiger partial charge is 0.385 e. The molecule has 1 heteroatoms. The first-order valence-corrected chi connectivity index (χ1v) is 3.87. The molecule has 10 heavy (non-hydrogen) atoms. The van der Waals surface area contributed by atoms with Crippen LogP contribution in [-0.2, 0) is 0 Å². The van der Waals surface area contributed by atoms with Crippen LogP contribution >= 0.6 is 0 Å². The molecule has 1 aliphatic rings. The molecule has 0 saturated heterocycles. The predicted molar refractivity (Wildman–Crippen MR) is 46.9 cm³/mol. The highest BCUT2D eigenvalue weighted by atomic mass is 14.9. The van der Waals surface area contributed by atoms with E-state index in [1.54, 1.807) is 0 Å². The van der Waals surface area contributed by atoms with Crippen molar-refractivity contribution >= 4 is 0 Å². The van der Waals surface area contributed by atoms with Crippen LogP contribution < -0.4 is 5.32 Å². The minimum Gasteiger partial charge on any atom is -0.385 e. The van der Waals surface area contributed by atoms with Crippen molar-refractivity contribution in [3.8, 4) is 0 Å². The van der Waals surface area contributed by atoms with Crippen LogP contribution in [0.5, 0.6) is 0 Å². The van der Waals surface area contributed by atoms with E-state index in [2.05, 4.69) is 31.3 Å². The first kappa shape index (κ1) is 9.28. The fourth-order valence-electron chi connectivity index (χ4n) is 0.664. The highest BCUT2D eigenvalue weighted by Crippen LogP contribution is 2.00. The summed E-state index contributed by atoms with van der Waals surface area (Å²) < 4.78 is 0. The second kappa shape index (κ2) is 5.10. The van der Waals surface area contributed by atoms with Crippen LogP contribution in [0, 0.1) is 0 Å². The second-order valence-corrected chi connectivity index (χ2v) is 2.22. The van der Waals surface area contributed by atoms with E-state index >= 15 is 0 Å². The molecule has 0 aromatic rings. The summed E-state index contributed by atoms with van der Waals surface area (Å²) in [4.78, 5) is 0. The number of dihydropyridines is 1. The van der Waals surface area contributed by atoms with Gasteiger partial charge < -0.3 is 5.32 Å². The van der Waals surface area contributed by atoms with Crippen LogP contribution in [0.25, 0.3) is 0 Å². The van der Waals surface area contributed by atoms with E-state index in [0.717, 1.165) is 6.54 Å². The van der Waals surface area contributed by atoms with E-state index < -0.39 is 0 Å². The summed E-state index contributed by atoms with van der Waals surface area (Å²) in [5, 5.41) is 3.22. The number of allylic oxidation sites excluding steroid dienone is 3. The Kier molecular flexibility index (Phi) is 4.73. The summed E-state index contributed by atoms with van der Waals surface area (Å²) in [5.41, 5.74) is 2.66. The van der Waals surface area contributed by atoms with E-state index in [4.69, 9.17) is 0 Å². The summed E-state index contributed by atoms with van der Waals surface area (Å²) >= 11 is 0. The SMILES string of the molecule is CC.CC1=CC=C(C)NC1. The van der Waals surface area contributed by atoms with Crippen LogP contribution in [0.1, 0.15) is 27.7 Å². The molecule has 1 aliphatic heterocycles. The molecule has 0 amide bonds. The van der Waals surface area contributed by atoms with Gasteiger partial charge in [-0.2, -0.15) is 0 Å². The lowest BCUT2D eigenvalue weighted by molar-refractivity contribution is 0.853. The van der Waals surface area contributed by atoms with Gasteiger partial charge in [0.2, 0.25) is 0 Å². The van der Waals surface area contributed by atoms with Crippen molar-refractivity contribution in [3.63, 3.8) is 0 Å². The van der Waals surface area contributed by atoms with Crippen molar-refractivity contribution in [3.05, 3.63) is 23.4 Å². The van der Waals surface area contributed by atoms with E-state index in [9.17, 15) is 0 Å². The van der Waals surface area contributed by atoms with Crippen LogP contribution in [0.2, 0.25) is 0 Å². The average Bonchev–Trinajstić information content (AvgIpc) is 2.00. The summed E-state index contributed by atoms with van der Waals surface area (Å²) in [6.07, 6.45) is 4.24. The van der Waals surface area contributed by atoms with Gasteiger partial charge in [-0.05, 0) is 19.9 Å². The lowest BCUT2D eigenvalue weighted by Crippen LogP contribution is -2.15. The molecular weight excluding hydrogens is 122 g/mol. The topological polar surface area (TPSA) is 12.0 Å². The van der Waals surface area contributed by atoms with Gasteiger partial charge in [-0.3, -0.25) is 0 Å². The quantitative estimate of drug-likeness (QED) is 0.543. The zero-order valence-electron chi connectivity index (χ0n) is 7.36. The zero-order chi connectivity index (χ0) is 7.98. The standard InChI is InChI=1S/C7H11N.C2H6/c1-6-3-4-7(2)8-5-6;1-2/h3-4,8H,5H2,1-2H3;1-2H3. The van der Waals surface area contributed by atoms with Crippen molar-refractivity contribution in [2.75, 3.05) is 6.54 Å². The zero-order valence-corrected chi connectivity index (χ0v) is 7.36. The molecule has 0 aromatic carbocycles. The summed E-state index contributed by atoms with van der Waals surface area (Å²) in [5.74, 6) is 0. The predicted octanol–water partition coefficient (Wildman–Crippen LogP) is 2.47. The van der Waals surface area contributed by atoms with Gasteiger partial charge in [0.25, 0.3) is 0 Å². The van der Waals surface area contributed by atoms with Crippen molar-refractivity contribution in [1.29, 1.82) is 0 Å². The van der Waals surface area contributed by atoms with Crippen LogP contribution in [-0.4, -0.2) is 6.54 Å². The molecule has 58 valence electrons. The Labute approximate surface area is 63.8 Å². The minimum atomic E-state index is 1.02. The van der Waals surface area contributed by atoms with Gasteiger partial charge in [0.1, 0.15) is 0 Å². The maximum atomic E-state index is 3.22. The molecule has 0 atom stereocenters. The highest BCUT2D eigenvalue weighted by Gasteiger charge is 1.93. The summed E-state index contributed by atoms with van der Waals surface area (Å²) in [6, 6.07) is 0. The Balaban J connectivity index is 0.000000371. The van der Waals surface area contributed by atoms with Crippen molar-refractivity contribution < 1.29 is 0 Å². The Bertz CT molecular complexity index is 125. The Hall–Kier alpha value is -0.720. The average molecular weight is 139 g/mol. The van der Waals surface area contributed by atoms with Crippen molar-refractivity contribution in [2.45, 2.75) is 27.7 Å². The van der Waals surface area contributed by atoms with E-state index in [-0.39, 0.29) is 0 Å². The summed E-state index contributed by atoms with van der Waals surface area (Å²) in [6.45, 7) is 9.21. The van der Waals surface area contributed by atoms with Crippen LogP contribution in [0.15, 0.2) is 23.4 Å². The van der Waals surface area contributed by atoms with Gasteiger partial charge in [0.15, 0.2) is 0 Å². The molecule has 0 unspecified atom stereocenters. The molecule has 0 fully saturated rings. The Morgan fingerprint density at radius 3 is 2.10 bits per heavy atom. The third kappa shape index (κ3) is 3.33. The normalized spacial score (nSPS) is 15.6. The third-order valence-electron chi connectivity index (χ3n) is 1.26. The second-order valence-electron chi connectivity index (χ2n) is 2.22. The molecule has 1 heterocycles. The highest BCUT2D eigenvalue weighted by molar-refractivity contribution is 5.20. The van der Waals surface area contributed by atoms with Crippen molar-refractivity contribution in [2.24, 2.45) is 0 Å². The fraction of sp³-hybridized carbons (Fsp3) is 0.556. The smallest absolute Gasteiger partial charge is 0.0357 e. The number of rotatable bonds is 0. The van der Waals surface area contributed by atoms with Gasteiger partial charge >= 0.3 is 0 Å². The molecule has 1 rings (SSSR count). The maximum absolute atomic E-state index is 3.22. The van der Waals surface area contributed by atoms with Gasteiger partial charge in [0.05, 0.1) is 0 Å². The van der Waals surface area contributed by atoms with Gasteiger partial charge in [-0.15, -0.1) is 0 Å². The first-order valence-electron chi connectivity index (χ1n) is 3.87. The molecule has 1 nitrogen and oxygen atoms in total. The molecule has 0 spiro atoms. The van der Waals surface area contributed by atoms with Gasteiger partial charge in [-0.1, -0.05) is 25.5 Å². The number of hydrogen-bond acceptors (Lipinski definition) is 1. The molecule has 0 saturated carbocycles. The molecule has 0 bridgehead atoms. The molecule has 1 N–H and O–H groups in total. The number of hydrogen-bond donors (Lipinski definition) is 1. The van der Waals surface area contributed by atoms with Crippen LogP contribution in [0.4, 0.5) is 0 Å². The molecule has 0 aliphatic carbocycles. The van der Waals surface area contributed by atoms with Gasteiger partial charge in [0, 0.05) is 12.2 Å². The van der Waals surface area contributed by atoms with Gasteiger partial charge in [-0.25, -0.2) is 0 Å². The Morgan fingerprint density at radius 2 is 1.80 bits per heavy atom.